The van der Waals surface area contributed by atoms with Crippen LogP contribution in [0, 0.1) is 5.92 Å². The van der Waals surface area contributed by atoms with E-state index in [1.807, 2.05) is 12.1 Å². The van der Waals surface area contributed by atoms with Gasteiger partial charge >= 0.3 is 6.03 Å². The third-order valence-electron chi connectivity index (χ3n) is 5.23. The lowest BCUT2D eigenvalue weighted by Crippen LogP contribution is -2.49. The summed E-state index contributed by atoms with van der Waals surface area (Å²) in [6, 6.07) is 6.73. The molecule has 134 valence electrons. The average molecular weight is 408 g/mol. The monoisotopic (exact) mass is 407 g/mol. The Morgan fingerprint density at radius 1 is 1.32 bits per heavy atom. The molecule has 25 heavy (non-hydrogen) atoms. The van der Waals surface area contributed by atoms with E-state index in [-0.39, 0.29) is 12.5 Å². The van der Waals surface area contributed by atoms with E-state index in [1.165, 1.54) is 0 Å². The van der Waals surface area contributed by atoms with Gasteiger partial charge < -0.3 is 10.6 Å². The van der Waals surface area contributed by atoms with E-state index in [9.17, 15) is 14.4 Å². The van der Waals surface area contributed by atoms with Gasteiger partial charge in [0.15, 0.2) is 0 Å². The Morgan fingerprint density at radius 2 is 2.00 bits per heavy atom. The fourth-order valence-corrected chi connectivity index (χ4v) is 4.02. The van der Waals surface area contributed by atoms with E-state index in [4.69, 9.17) is 0 Å². The first-order chi connectivity index (χ1) is 11.9. The summed E-state index contributed by atoms with van der Waals surface area (Å²) in [5, 5.41) is 5.57. The number of benzene rings is 1. The highest BCUT2D eigenvalue weighted by molar-refractivity contribution is 9.10. The second-order valence-corrected chi connectivity index (χ2v) is 7.64. The maximum atomic E-state index is 12.8. The molecule has 3 rings (SSSR count). The molecule has 7 heteroatoms. The minimum Gasteiger partial charge on any atom is -0.324 e. The van der Waals surface area contributed by atoms with Gasteiger partial charge in [-0.05, 0) is 59.7 Å². The third-order valence-corrected chi connectivity index (χ3v) is 5.92. The summed E-state index contributed by atoms with van der Waals surface area (Å²) in [6.45, 7) is 1.88. The zero-order valence-corrected chi connectivity index (χ0v) is 15.8. The lowest BCUT2D eigenvalue weighted by molar-refractivity contribution is -0.135. The molecule has 1 saturated carbocycles. The number of nitrogens with one attached hydrogen (secondary N) is 2. The van der Waals surface area contributed by atoms with Crippen LogP contribution in [0.5, 0.6) is 0 Å². The summed E-state index contributed by atoms with van der Waals surface area (Å²) in [7, 11) is 0. The summed E-state index contributed by atoms with van der Waals surface area (Å²) in [6.07, 6.45) is 4.26. The highest BCUT2D eigenvalue weighted by Crippen LogP contribution is 2.37. The van der Waals surface area contributed by atoms with Crippen molar-refractivity contribution in [3.63, 3.8) is 0 Å². The summed E-state index contributed by atoms with van der Waals surface area (Å²) in [5.41, 5.74) is -0.200. The summed E-state index contributed by atoms with van der Waals surface area (Å²) >= 11 is 3.36. The fraction of sp³-hybridized carbons (Fsp3) is 0.500. The standard InChI is InChI=1S/C18H22BrN3O3/c1-2-12-7-9-18(10-8-12)16(24)22(17(25)21-18)11-15(23)20-14-6-4-3-5-13(14)19/h3-6,12H,2,7-11H2,1H3,(H,20,23)(H,21,25). The van der Waals surface area contributed by atoms with Gasteiger partial charge in [-0.15, -0.1) is 0 Å². The van der Waals surface area contributed by atoms with Crippen LogP contribution in [0.3, 0.4) is 0 Å². The molecule has 0 bridgehead atoms. The number of carbonyl (C=O) groups is 3. The van der Waals surface area contributed by atoms with Gasteiger partial charge in [-0.3, -0.25) is 14.5 Å². The van der Waals surface area contributed by atoms with Gasteiger partial charge in [0.2, 0.25) is 5.91 Å². The normalized spacial score (nSPS) is 26.0. The van der Waals surface area contributed by atoms with Crippen molar-refractivity contribution in [3.8, 4) is 0 Å². The Bertz CT molecular complexity index is 699. The maximum Gasteiger partial charge on any atom is 0.325 e. The third kappa shape index (κ3) is 3.56. The number of para-hydroxylation sites is 1. The molecule has 0 atom stereocenters. The molecular weight excluding hydrogens is 386 g/mol. The largest absolute Gasteiger partial charge is 0.325 e. The van der Waals surface area contributed by atoms with Crippen LogP contribution in [0.25, 0.3) is 0 Å². The lowest BCUT2D eigenvalue weighted by Gasteiger charge is -2.34. The maximum absolute atomic E-state index is 12.8. The molecule has 1 aromatic carbocycles. The molecule has 1 aromatic rings. The van der Waals surface area contributed by atoms with E-state index >= 15 is 0 Å². The number of imide groups is 1. The summed E-state index contributed by atoms with van der Waals surface area (Å²) in [5.74, 6) is -0.0490. The Labute approximate surface area is 155 Å². The van der Waals surface area contributed by atoms with Gasteiger partial charge in [0.25, 0.3) is 5.91 Å². The van der Waals surface area contributed by atoms with Crippen LogP contribution in [0.2, 0.25) is 0 Å². The molecule has 2 fully saturated rings. The number of urea groups is 1. The number of hydrogen-bond donors (Lipinski definition) is 2. The molecule has 0 unspecified atom stereocenters. The zero-order valence-electron chi connectivity index (χ0n) is 14.2. The number of hydrogen-bond acceptors (Lipinski definition) is 3. The molecule has 0 aromatic heterocycles. The fourth-order valence-electron chi connectivity index (χ4n) is 3.63. The van der Waals surface area contributed by atoms with Crippen LogP contribution >= 0.6 is 15.9 Å². The van der Waals surface area contributed by atoms with Crippen molar-refractivity contribution in [2.45, 2.75) is 44.6 Å². The molecular formula is C18H22BrN3O3. The SMILES string of the molecule is CCC1CCC2(CC1)NC(=O)N(CC(=O)Nc1ccccc1Br)C2=O. The molecule has 1 saturated heterocycles. The van der Waals surface area contributed by atoms with Gasteiger partial charge in [0, 0.05) is 4.47 Å². The quantitative estimate of drug-likeness (QED) is 0.751. The van der Waals surface area contributed by atoms with E-state index in [0.717, 1.165) is 28.6 Å². The zero-order chi connectivity index (χ0) is 18.0. The second-order valence-electron chi connectivity index (χ2n) is 6.78. The Hall–Kier alpha value is -1.89. The van der Waals surface area contributed by atoms with E-state index in [1.54, 1.807) is 12.1 Å². The molecule has 2 aliphatic rings. The first kappa shape index (κ1) is 17.9. The van der Waals surface area contributed by atoms with Crippen LogP contribution < -0.4 is 10.6 Å². The van der Waals surface area contributed by atoms with Crippen LogP contribution in [-0.2, 0) is 9.59 Å². The van der Waals surface area contributed by atoms with Gasteiger partial charge in [-0.1, -0.05) is 25.5 Å². The van der Waals surface area contributed by atoms with Crippen molar-refractivity contribution in [1.29, 1.82) is 0 Å². The smallest absolute Gasteiger partial charge is 0.324 e. The first-order valence-electron chi connectivity index (χ1n) is 8.63. The van der Waals surface area contributed by atoms with Crippen LogP contribution in [0.1, 0.15) is 39.0 Å². The van der Waals surface area contributed by atoms with Gasteiger partial charge in [0.05, 0.1) is 5.69 Å². The van der Waals surface area contributed by atoms with Crippen molar-refractivity contribution >= 4 is 39.5 Å². The number of amides is 4. The molecule has 2 N–H and O–H groups in total. The average Bonchev–Trinajstić information content (AvgIpc) is 2.82. The Balaban J connectivity index is 1.65. The predicted molar refractivity (Wildman–Crippen MR) is 98.0 cm³/mol. The van der Waals surface area contributed by atoms with Crippen LogP contribution in [-0.4, -0.2) is 34.8 Å². The second kappa shape index (κ2) is 7.15. The van der Waals surface area contributed by atoms with Gasteiger partial charge in [-0.25, -0.2) is 4.79 Å². The lowest BCUT2D eigenvalue weighted by atomic mass is 9.75. The topological polar surface area (TPSA) is 78.5 Å². The Morgan fingerprint density at radius 3 is 2.64 bits per heavy atom. The number of halogens is 1. The van der Waals surface area contributed by atoms with Gasteiger partial charge in [0.1, 0.15) is 12.1 Å². The minimum atomic E-state index is -0.809. The minimum absolute atomic E-state index is 0.269. The Kier molecular flexibility index (Phi) is 5.13. The van der Waals surface area contributed by atoms with E-state index in [2.05, 4.69) is 33.5 Å². The highest BCUT2D eigenvalue weighted by Gasteiger charge is 2.52. The molecule has 1 aliphatic carbocycles. The van der Waals surface area contributed by atoms with Crippen molar-refractivity contribution in [2.75, 3.05) is 11.9 Å². The summed E-state index contributed by atoms with van der Waals surface area (Å²) < 4.78 is 0.745. The summed E-state index contributed by atoms with van der Waals surface area (Å²) in [4.78, 5) is 38.4. The van der Waals surface area contributed by atoms with Crippen molar-refractivity contribution in [1.82, 2.24) is 10.2 Å². The molecule has 1 aliphatic heterocycles. The number of carbonyl (C=O) groups excluding carboxylic acids is 3. The predicted octanol–water partition coefficient (Wildman–Crippen LogP) is 3.28. The highest BCUT2D eigenvalue weighted by atomic mass is 79.9. The molecule has 4 amide bonds. The van der Waals surface area contributed by atoms with Crippen molar-refractivity contribution in [3.05, 3.63) is 28.7 Å². The molecule has 0 radical (unpaired) electrons. The van der Waals surface area contributed by atoms with Crippen molar-refractivity contribution < 1.29 is 14.4 Å². The first-order valence-corrected chi connectivity index (χ1v) is 9.43. The van der Waals surface area contributed by atoms with Gasteiger partial charge in [-0.2, -0.15) is 0 Å². The molecule has 1 spiro atoms. The molecule has 1 heterocycles. The number of anilines is 1. The number of nitrogens with zero attached hydrogens (tertiary/aromatic N) is 1. The van der Waals surface area contributed by atoms with Crippen molar-refractivity contribution in [2.24, 2.45) is 5.92 Å². The van der Waals surface area contributed by atoms with Crippen LogP contribution in [0.4, 0.5) is 10.5 Å². The molecule has 6 nitrogen and oxygen atoms in total. The van der Waals surface area contributed by atoms with E-state index in [0.29, 0.717) is 24.4 Å². The number of rotatable bonds is 4. The van der Waals surface area contributed by atoms with E-state index < -0.39 is 17.5 Å². The van der Waals surface area contributed by atoms with Crippen LogP contribution in [0.15, 0.2) is 28.7 Å².